The van der Waals surface area contributed by atoms with Crippen LogP contribution in [0.25, 0.3) is 6.08 Å². The lowest BCUT2D eigenvalue weighted by molar-refractivity contribution is 1.11. The molecule has 0 aromatic carbocycles. The summed E-state index contributed by atoms with van der Waals surface area (Å²) in [5.41, 5.74) is 2.02. The van der Waals surface area contributed by atoms with Gasteiger partial charge >= 0.3 is 0 Å². The van der Waals surface area contributed by atoms with Crippen LogP contribution in [0.2, 0.25) is 0 Å². The van der Waals surface area contributed by atoms with E-state index < -0.39 is 0 Å². The number of nitrogens with zero attached hydrogens (tertiary/aromatic N) is 2. The Bertz CT molecular complexity index is 236. The van der Waals surface area contributed by atoms with Gasteiger partial charge in [0.25, 0.3) is 0 Å². The highest BCUT2D eigenvalue weighted by Crippen LogP contribution is 2.09. The minimum Gasteiger partial charge on any atom is -0.376 e. The minimum absolute atomic E-state index is 0.913. The fourth-order valence-electron chi connectivity index (χ4n) is 0.783. The number of pyridine rings is 1. The molecule has 1 aromatic heterocycles. The Morgan fingerprint density at radius 3 is 2.55 bits per heavy atom. The molecule has 0 bridgehead atoms. The molecule has 0 aliphatic heterocycles. The molecule has 0 spiro atoms. The lowest BCUT2D eigenvalue weighted by atomic mass is 10.3. The van der Waals surface area contributed by atoms with Crippen LogP contribution < -0.4 is 4.90 Å². The van der Waals surface area contributed by atoms with Crippen LogP contribution in [0.5, 0.6) is 0 Å². The first kappa shape index (κ1) is 7.79. The summed E-state index contributed by atoms with van der Waals surface area (Å²) < 4.78 is 0. The van der Waals surface area contributed by atoms with Crippen molar-refractivity contribution in [1.82, 2.24) is 4.98 Å². The van der Waals surface area contributed by atoms with Crippen LogP contribution in [0, 0.1) is 0 Å². The highest BCUT2D eigenvalue weighted by molar-refractivity contribution is 5.48. The van der Waals surface area contributed by atoms with Gasteiger partial charge in [0.05, 0.1) is 17.6 Å². The molecule has 0 aliphatic carbocycles. The average Bonchev–Trinajstić information content (AvgIpc) is 2.05. The van der Waals surface area contributed by atoms with Gasteiger partial charge in [-0.2, -0.15) is 0 Å². The molecule has 11 heavy (non-hydrogen) atoms. The average molecular weight is 148 g/mol. The SMILES string of the molecule is C=Cc1ccc(N(C)C)cn1. The van der Waals surface area contributed by atoms with Gasteiger partial charge in [0.2, 0.25) is 0 Å². The molecule has 0 fully saturated rings. The third-order valence-electron chi connectivity index (χ3n) is 1.50. The molecular weight excluding hydrogens is 136 g/mol. The molecule has 0 saturated carbocycles. The summed E-state index contributed by atoms with van der Waals surface area (Å²) in [7, 11) is 3.98. The molecule has 0 unspecified atom stereocenters. The Morgan fingerprint density at radius 2 is 2.18 bits per heavy atom. The van der Waals surface area contributed by atoms with Crippen molar-refractivity contribution < 1.29 is 0 Å². The monoisotopic (exact) mass is 148 g/mol. The van der Waals surface area contributed by atoms with E-state index in [1.165, 1.54) is 0 Å². The smallest absolute Gasteiger partial charge is 0.0625 e. The molecule has 58 valence electrons. The van der Waals surface area contributed by atoms with E-state index in [4.69, 9.17) is 0 Å². The van der Waals surface area contributed by atoms with Crippen LogP contribution in [0.4, 0.5) is 5.69 Å². The van der Waals surface area contributed by atoms with Crippen molar-refractivity contribution in [2.75, 3.05) is 19.0 Å². The van der Waals surface area contributed by atoms with Crippen LogP contribution >= 0.6 is 0 Å². The molecule has 1 heterocycles. The van der Waals surface area contributed by atoms with Crippen molar-refractivity contribution >= 4 is 11.8 Å². The third kappa shape index (κ3) is 1.80. The maximum absolute atomic E-state index is 4.16. The number of hydrogen-bond donors (Lipinski definition) is 0. The van der Waals surface area contributed by atoms with E-state index in [1.54, 1.807) is 6.08 Å². The van der Waals surface area contributed by atoms with Crippen molar-refractivity contribution in [2.24, 2.45) is 0 Å². The highest BCUT2D eigenvalue weighted by Gasteiger charge is 1.93. The zero-order valence-corrected chi connectivity index (χ0v) is 6.91. The highest BCUT2D eigenvalue weighted by atomic mass is 15.1. The summed E-state index contributed by atoms with van der Waals surface area (Å²) in [6.45, 7) is 3.63. The Balaban J connectivity index is 2.91. The first-order chi connectivity index (χ1) is 5.24. The summed E-state index contributed by atoms with van der Waals surface area (Å²) in [5.74, 6) is 0. The Morgan fingerprint density at radius 1 is 1.45 bits per heavy atom. The molecule has 0 saturated heterocycles. The zero-order chi connectivity index (χ0) is 8.27. The first-order valence-electron chi connectivity index (χ1n) is 3.50. The van der Waals surface area contributed by atoms with Crippen molar-refractivity contribution in [1.29, 1.82) is 0 Å². The van der Waals surface area contributed by atoms with E-state index in [0.717, 1.165) is 11.4 Å². The fraction of sp³-hybridized carbons (Fsp3) is 0.222. The first-order valence-corrected chi connectivity index (χ1v) is 3.50. The van der Waals surface area contributed by atoms with E-state index in [2.05, 4.69) is 11.6 Å². The number of rotatable bonds is 2. The zero-order valence-electron chi connectivity index (χ0n) is 6.91. The predicted octanol–water partition coefficient (Wildman–Crippen LogP) is 1.79. The van der Waals surface area contributed by atoms with Gasteiger partial charge in [0.1, 0.15) is 0 Å². The van der Waals surface area contributed by atoms with Crippen LogP contribution in [0.3, 0.4) is 0 Å². The molecule has 1 aromatic rings. The minimum atomic E-state index is 0.913. The van der Waals surface area contributed by atoms with Gasteiger partial charge in [0.15, 0.2) is 0 Å². The quantitative estimate of drug-likeness (QED) is 0.635. The van der Waals surface area contributed by atoms with Gasteiger partial charge in [-0.05, 0) is 18.2 Å². The van der Waals surface area contributed by atoms with Crippen LogP contribution in [0.15, 0.2) is 24.9 Å². The maximum Gasteiger partial charge on any atom is 0.0625 e. The van der Waals surface area contributed by atoms with Crippen LogP contribution in [0.1, 0.15) is 5.69 Å². The Kier molecular flexibility index (Phi) is 2.26. The largest absolute Gasteiger partial charge is 0.376 e. The molecule has 0 radical (unpaired) electrons. The second-order valence-electron chi connectivity index (χ2n) is 2.54. The van der Waals surface area contributed by atoms with Crippen molar-refractivity contribution in [3.63, 3.8) is 0 Å². The lowest BCUT2D eigenvalue weighted by Gasteiger charge is -2.10. The second kappa shape index (κ2) is 3.19. The molecule has 0 atom stereocenters. The molecule has 0 amide bonds. The van der Waals surface area contributed by atoms with Crippen molar-refractivity contribution in [3.05, 3.63) is 30.6 Å². The summed E-state index contributed by atoms with van der Waals surface area (Å²) >= 11 is 0. The van der Waals surface area contributed by atoms with Gasteiger partial charge in [-0.3, -0.25) is 4.98 Å². The van der Waals surface area contributed by atoms with Gasteiger partial charge in [-0.15, -0.1) is 0 Å². The number of aromatic nitrogens is 1. The van der Waals surface area contributed by atoms with E-state index in [-0.39, 0.29) is 0 Å². The maximum atomic E-state index is 4.16. The molecule has 1 rings (SSSR count). The normalized spacial score (nSPS) is 9.27. The second-order valence-corrected chi connectivity index (χ2v) is 2.54. The molecule has 0 aliphatic rings. The standard InChI is InChI=1S/C9H12N2/c1-4-8-5-6-9(7-10-8)11(2)3/h4-7H,1H2,2-3H3. The predicted molar refractivity (Wildman–Crippen MR) is 48.7 cm³/mol. The van der Waals surface area contributed by atoms with E-state index in [1.807, 2.05) is 37.3 Å². The summed E-state index contributed by atoms with van der Waals surface area (Å²) in [4.78, 5) is 6.17. The van der Waals surface area contributed by atoms with E-state index in [0.29, 0.717) is 0 Å². The number of hydrogen-bond acceptors (Lipinski definition) is 2. The molecular formula is C9H12N2. The van der Waals surface area contributed by atoms with E-state index >= 15 is 0 Å². The van der Waals surface area contributed by atoms with Gasteiger partial charge in [0, 0.05) is 14.1 Å². The summed E-state index contributed by atoms with van der Waals surface area (Å²) in [6.07, 6.45) is 3.57. The topological polar surface area (TPSA) is 16.1 Å². The fourth-order valence-corrected chi connectivity index (χ4v) is 0.783. The van der Waals surface area contributed by atoms with Crippen molar-refractivity contribution in [3.8, 4) is 0 Å². The van der Waals surface area contributed by atoms with Crippen LogP contribution in [-0.2, 0) is 0 Å². The Hall–Kier alpha value is -1.31. The van der Waals surface area contributed by atoms with Crippen molar-refractivity contribution in [2.45, 2.75) is 0 Å². The van der Waals surface area contributed by atoms with Gasteiger partial charge in [-0.1, -0.05) is 6.58 Å². The molecule has 0 N–H and O–H groups in total. The van der Waals surface area contributed by atoms with Gasteiger partial charge < -0.3 is 4.90 Å². The number of anilines is 1. The summed E-state index contributed by atoms with van der Waals surface area (Å²) in [6, 6.07) is 3.96. The van der Waals surface area contributed by atoms with Gasteiger partial charge in [-0.25, -0.2) is 0 Å². The molecule has 2 heteroatoms. The van der Waals surface area contributed by atoms with Crippen LogP contribution in [-0.4, -0.2) is 19.1 Å². The molecule has 2 nitrogen and oxygen atoms in total. The Labute approximate surface area is 67.2 Å². The lowest BCUT2D eigenvalue weighted by Crippen LogP contribution is -2.08. The third-order valence-corrected chi connectivity index (χ3v) is 1.50. The summed E-state index contributed by atoms with van der Waals surface area (Å²) in [5, 5.41) is 0. The van der Waals surface area contributed by atoms with E-state index in [9.17, 15) is 0 Å².